The summed E-state index contributed by atoms with van der Waals surface area (Å²) in [6.45, 7) is 0. The minimum absolute atomic E-state index is 0.558. The monoisotopic (exact) mass is 882 g/mol. The molecule has 0 bridgehead atoms. The highest BCUT2D eigenvalue weighted by Gasteiger charge is 2.24. The Balaban J connectivity index is 0.953. The SMILES string of the molecule is c1ccc(-c2ccc(-c3nc(-c4ccccc4)nc(-c4ccc(-c5cccc6c5oc5c(-n7c8ccccc8c8cc(-c9ccccc9)ccc87)cccc56)c5oc6ccccc6c45)n3)cc2)cc1. The molecule has 69 heavy (non-hydrogen) atoms. The van der Waals surface area contributed by atoms with Crippen molar-refractivity contribution in [1.29, 1.82) is 0 Å². The van der Waals surface area contributed by atoms with Crippen LogP contribution in [0.5, 0.6) is 0 Å². The van der Waals surface area contributed by atoms with Crippen molar-refractivity contribution < 1.29 is 8.83 Å². The van der Waals surface area contributed by atoms with Crippen LogP contribution in [0.3, 0.4) is 0 Å². The molecule has 0 aliphatic heterocycles. The minimum Gasteiger partial charge on any atom is -0.455 e. The molecule has 14 rings (SSSR count). The fourth-order valence-electron chi connectivity index (χ4n) is 10.2. The van der Waals surface area contributed by atoms with E-state index in [-0.39, 0.29) is 0 Å². The number of para-hydroxylation sites is 4. The van der Waals surface area contributed by atoms with Crippen molar-refractivity contribution in [2.24, 2.45) is 0 Å². The van der Waals surface area contributed by atoms with Crippen LogP contribution in [0.25, 0.3) is 139 Å². The van der Waals surface area contributed by atoms with Crippen LogP contribution in [0.15, 0.2) is 239 Å². The van der Waals surface area contributed by atoms with Crippen LogP contribution in [0.1, 0.15) is 0 Å². The molecule has 10 aromatic carbocycles. The van der Waals surface area contributed by atoms with Crippen molar-refractivity contribution in [3.63, 3.8) is 0 Å². The number of aromatic nitrogens is 4. The van der Waals surface area contributed by atoms with Gasteiger partial charge in [-0.3, -0.25) is 0 Å². The van der Waals surface area contributed by atoms with Gasteiger partial charge >= 0.3 is 0 Å². The van der Waals surface area contributed by atoms with Gasteiger partial charge in [-0.05, 0) is 64.7 Å². The Kier molecular flexibility index (Phi) is 8.79. The normalized spacial score (nSPS) is 11.8. The maximum atomic E-state index is 7.19. The summed E-state index contributed by atoms with van der Waals surface area (Å²) in [6.07, 6.45) is 0. The Morgan fingerprint density at radius 3 is 1.55 bits per heavy atom. The van der Waals surface area contributed by atoms with E-state index in [0.29, 0.717) is 17.5 Å². The van der Waals surface area contributed by atoms with E-state index < -0.39 is 0 Å². The first kappa shape index (κ1) is 38.8. The molecule has 0 saturated heterocycles. The molecule has 0 aliphatic carbocycles. The first-order valence-corrected chi connectivity index (χ1v) is 23.2. The van der Waals surface area contributed by atoms with E-state index in [9.17, 15) is 0 Å². The lowest BCUT2D eigenvalue weighted by Crippen LogP contribution is -2.00. The summed E-state index contributed by atoms with van der Waals surface area (Å²) in [5.41, 5.74) is 15.5. The topological polar surface area (TPSA) is 69.9 Å². The zero-order chi connectivity index (χ0) is 45.4. The highest BCUT2D eigenvalue weighted by atomic mass is 16.3. The third-order valence-electron chi connectivity index (χ3n) is 13.5. The Morgan fingerprint density at radius 1 is 0.290 bits per heavy atom. The Labute approximate surface area is 396 Å². The maximum absolute atomic E-state index is 7.19. The predicted octanol–water partition coefficient (Wildman–Crippen LogP) is 16.8. The quantitative estimate of drug-likeness (QED) is 0.159. The molecule has 0 unspecified atom stereocenters. The first-order chi connectivity index (χ1) is 34.2. The zero-order valence-electron chi connectivity index (χ0n) is 37.0. The van der Waals surface area contributed by atoms with Crippen molar-refractivity contribution in [3.8, 4) is 73.2 Å². The fourth-order valence-corrected chi connectivity index (χ4v) is 10.2. The lowest BCUT2D eigenvalue weighted by molar-refractivity contribution is 0.663. The fraction of sp³-hybridized carbons (Fsp3) is 0. The Morgan fingerprint density at radius 2 is 0.797 bits per heavy atom. The average Bonchev–Trinajstić information content (AvgIpc) is 4.12. The van der Waals surface area contributed by atoms with E-state index in [1.54, 1.807) is 0 Å². The number of nitrogens with zero attached hydrogens (tertiary/aromatic N) is 4. The van der Waals surface area contributed by atoms with Crippen LogP contribution in [0.4, 0.5) is 0 Å². The maximum Gasteiger partial charge on any atom is 0.164 e. The number of furan rings is 2. The van der Waals surface area contributed by atoms with Gasteiger partial charge in [0.05, 0.1) is 16.7 Å². The molecule has 4 aromatic heterocycles. The summed E-state index contributed by atoms with van der Waals surface area (Å²) in [5, 5.41) is 6.34. The molecule has 14 aromatic rings. The second-order valence-corrected chi connectivity index (χ2v) is 17.5. The summed E-state index contributed by atoms with van der Waals surface area (Å²) < 4.78 is 16.5. The highest BCUT2D eigenvalue weighted by Crippen LogP contribution is 2.46. The summed E-state index contributed by atoms with van der Waals surface area (Å²) >= 11 is 0. The van der Waals surface area contributed by atoms with Gasteiger partial charge in [-0.2, -0.15) is 0 Å². The first-order valence-electron chi connectivity index (χ1n) is 23.2. The van der Waals surface area contributed by atoms with Crippen LogP contribution in [0.2, 0.25) is 0 Å². The summed E-state index contributed by atoms with van der Waals surface area (Å²) in [7, 11) is 0. The van der Waals surface area contributed by atoms with Crippen molar-refractivity contribution in [3.05, 3.63) is 231 Å². The third kappa shape index (κ3) is 6.30. The van der Waals surface area contributed by atoms with Crippen LogP contribution in [0, 0.1) is 0 Å². The van der Waals surface area contributed by atoms with Crippen LogP contribution < -0.4 is 0 Å². The minimum atomic E-state index is 0.558. The van der Waals surface area contributed by atoms with Gasteiger partial charge in [0.15, 0.2) is 23.1 Å². The lowest BCUT2D eigenvalue weighted by Gasteiger charge is -2.11. The second-order valence-electron chi connectivity index (χ2n) is 17.5. The van der Waals surface area contributed by atoms with Crippen molar-refractivity contribution in [2.75, 3.05) is 0 Å². The molecule has 322 valence electrons. The van der Waals surface area contributed by atoms with E-state index in [1.165, 1.54) is 21.9 Å². The molecule has 6 nitrogen and oxygen atoms in total. The summed E-state index contributed by atoms with van der Waals surface area (Å²) in [4.78, 5) is 15.5. The van der Waals surface area contributed by atoms with Crippen molar-refractivity contribution in [2.45, 2.75) is 0 Å². The number of benzene rings is 10. The number of hydrogen-bond acceptors (Lipinski definition) is 5. The second kappa shape index (κ2) is 15.6. The van der Waals surface area contributed by atoms with Crippen LogP contribution in [-0.4, -0.2) is 19.5 Å². The molecular weight excluding hydrogens is 845 g/mol. The van der Waals surface area contributed by atoms with Crippen molar-refractivity contribution >= 4 is 65.7 Å². The van der Waals surface area contributed by atoms with E-state index in [2.05, 4.69) is 187 Å². The third-order valence-corrected chi connectivity index (χ3v) is 13.5. The van der Waals surface area contributed by atoms with Gasteiger partial charge in [-0.25, -0.2) is 15.0 Å². The number of rotatable bonds is 7. The molecule has 0 spiro atoms. The molecule has 0 N–H and O–H groups in total. The molecule has 4 heterocycles. The summed E-state index contributed by atoms with van der Waals surface area (Å²) in [6, 6.07) is 80.2. The van der Waals surface area contributed by atoms with Gasteiger partial charge in [-0.1, -0.05) is 188 Å². The number of fused-ring (bicyclic) bond motifs is 9. The molecule has 0 aliphatic rings. The predicted molar refractivity (Wildman–Crippen MR) is 281 cm³/mol. The molecule has 0 fully saturated rings. The highest BCUT2D eigenvalue weighted by molar-refractivity contribution is 6.19. The molecule has 0 amide bonds. The Bertz CT molecular complexity index is 4290. The van der Waals surface area contributed by atoms with E-state index in [1.807, 2.05) is 48.5 Å². The largest absolute Gasteiger partial charge is 0.455 e. The Hall–Kier alpha value is -9.39. The smallest absolute Gasteiger partial charge is 0.164 e. The van der Waals surface area contributed by atoms with E-state index >= 15 is 0 Å². The van der Waals surface area contributed by atoms with Crippen LogP contribution >= 0.6 is 0 Å². The summed E-state index contributed by atoms with van der Waals surface area (Å²) in [5.74, 6) is 1.74. The van der Waals surface area contributed by atoms with E-state index in [0.717, 1.165) is 99.5 Å². The van der Waals surface area contributed by atoms with Gasteiger partial charge in [0.25, 0.3) is 0 Å². The molecular formula is C63H38N4O2. The van der Waals surface area contributed by atoms with Gasteiger partial charge < -0.3 is 13.4 Å². The van der Waals surface area contributed by atoms with Gasteiger partial charge in [0.2, 0.25) is 0 Å². The van der Waals surface area contributed by atoms with Gasteiger partial charge in [0, 0.05) is 60.1 Å². The van der Waals surface area contributed by atoms with Gasteiger partial charge in [0.1, 0.15) is 16.7 Å². The standard InChI is InChI=1S/C63H38N4O2/c1-4-16-39(17-5-1)41-30-32-43(33-31-41)62-64-61(42-20-8-3-9-21-42)65-63(66-62)51-36-35-49(60-57(51)50-23-11-13-29-56(50)68-60)47-25-14-24-46-48-26-15-28-55(59(48)69-58(46)47)67-53-27-12-10-22-45(53)52-38-44(34-37-54(52)67)40-18-6-2-7-19-40/h1-38H. The zero-order valence-corrected chi connectivity index (χ0v) is 37.0. The lowest BCUT2D eigenvalue weighted by atomic mass is 9.96. The van der Waals surface area contributed by atoms with Crippen LogP contribution in [-0.2, 0) is 0 Å². The van der Waals surface area contributed by atoms with Crippen molar-refractivity contribution in [1.82, 2.24) is 19.5 Å². The molecule has 0 radical (unpaired) electrons. The average molecular weight is 883 g/mol. The number of hydrogen-bond donors (Lipinski definition) is 0. The van der Waals surface area contributed by atoms with Gasteiger partial charge in [-0.15, -0.1) is 0 Å². The molecule has 0 saturated carbocycles. The molecule has 0 atom stereocenters. The molecule has 6 heteroatoms. The van der Waals surface area contributed by atoms with E-state index in [4.69, 9.17) is 23.8 Å².